The number of rotatable bonds is 5. The number of anilines is 1. The molecule has 0 spiro atoms. The summed E-state index contributed by atoms with van der Waals surface area (Å²) in [7, 11) is 1.61. The molecule has 2 N–H and O–H groups in total. The number of morpholine rings is 1. The summed E-state index contributed by atoms with van der Waals surface area (Å²) in [4.78, 5) is 11.0. The summed E-state index contributed by atoms with van der Waals surface area (Å²) < 4.78 is 18.7. The molecule has 132 valence electrons. The Morgan fingerprint density at radius 2 is 2.08 bits per heavy atom. The lowest BCUT2D eigenvalue weighted by Gasteiger charge is -2.26. The molecule has 1 saturated heterocycles. The number of methoxy groups -OCH3 is 1. The smallest absolute Gasteiger partial charge is 0.150 e. The summed E-state index contributed by atoms with van der Waals surface area (Å²) in [5.41, 5.74) is 8.32. The number of nitrogens with zero attached hydrogens (tertiary/aromatic N) is 4. The van der Waals surface area contributed by atoms with Gasteiger partial charge in [0.05, 0.1) is 38.4 Å². The highest BCUT2D eigenvalue weighted by Gasteiger charge is 2.14. The van der Waals surface area contributed by atoms with Gasteiger partial charge in [0, 0.05) is 31.8 Å². The van der Waals surface area contributed by atoms with Crippen molar-refractivity contribution in [3.63, 3.8) is 0 Å². The van der Waals surface area contributed by atoms with E-state index in [1.807, 2.05) is 16.5 Å². The minimum atomic E-state index is 0.421. The summed E-state index contributed by atoms with van der Waals surface area (Å²) in [5.74, 6) is 1.78. The van der Waals surface area contributed by atoms with Crippen molar-refractivity contribution < 1.29 is 14.2 Å². The van der Waals surface area contributed by atoms with E-state index in [0.717, 1.165) is 49.6 Å². The molecule has 1 aliphatic heterocycles. The molecule has 1 aliphatic rings. The summed E-state index contributed by atoms with van der Waals surface area (Å²) in [6.45, 7) is 4.94. The van der Waals surface area contributed by atoms with Gasteiger partial charge in [0.2, 0.25) is 0 Å². The van der Waals surface area contributed by atoms with Crippen LogP contribution in [0.25, 0.3) is 16.6 Å². The van der Waals surface area contributed by atoms with E-state index in [1.165, 1.54) is 0 Å². The van der Waals surface area contributed by atoms with Crippen LogP contribution in [0.2, 0.25) is 0 Å². The quantitative estimate of drug-likeness (QED) is 0.744. The number of hydrogen-bond donors (Lipinski definition) is 1. The number of fused-ring (bicyclic) bond motifs is 3. The molecule has 3 aromatic rings. The van der Waals surface area contributed by atoms with Crippen LogP contribution >= 0.6 is 0 Å². The van der Waals surface area contributed by atoms with Gasteiger partial charge in [-0.25, -0.2) is 9.97 Å². The molecule has 25 heavy (non-hydrogen) atoms. The zero-order chi connectivity index (χ0) is 17.2. The first-order valence-electron chi connectivity index (χ1n) is 8.28. The number of imidazole rings is 1. The summed E-state index contributed by atoms with van der Waals surface area (Å²) in [6, 6.07) is 3.79. The monoisotopic (exact) mass is 343 g/mol. The number of nitrogens with two attached hydrogens (primary N) is 1. The van der Waals surface area contributed by atoms with Crippen LogP contribution in [0.15, 0.2) is 24.7 Å². The zero-order valence-corrected chi connectivity index (χ0v) is 14.1. The Morgan fingerprint density at radius 3 is 2.88 bits per heavy atom. The Morgan fingerprint density at radius 1 is 1.24 bits per heavy atom. The van der Waals surface area contributed by atoms with E-state index in [1.54, 1.807) is 19.6 Å². The van der Waals surface area contributed by atoms with Gasteiger partial charge in [-0.15, -0.1) is 0 Å². The lowest BCUT2D eigenvalue weighted by molar-refractivity contribution is 0.0322. The highest BCUT2D eigenvalue weighted by atomic mass is 16.5. The molecule has 4 rings (SSSR count). The Kier molecular flexibility index (Phi) is 4.29. The topological polar surface area (TPSA) is 87.1 Å². The summed E-state index contributed by atoms with van der Waals surface area (Å²) in [5, 5.41) is 0. The van der Waals surface area contributed by atoms with Gasteiger partial charge in [-0.1, -0.05) is 0 Å². The summed E-state index contributed by atoms with van der Waals surface area (Å²) in [6.07, 6.45) is 3.41. The Hall–Kier alpha value is -2.58. The first-order chi connectivity index (χ1) is 12.3. The van der Waals surface area contributed by atoms with Crippen molar-refractivity contribution in [2.75, 3.05) is 52.3 Å². The molecule has 0 bridgehead atoms. The minimum absolute atomic E-state index is 0.421. The van der Waals surface area contributed by atoms with Crippen LogP contribution in [-0.4, -0.2) is 65.8 Å². The predicted octanol–water partition coefficient (Wildman–Crippen LogP) is 1.18. The van der Waals surface area contributed by atoms with Crippen LogP contribution in [0.4, 0.5) is 5.82 Å². The highest BCUT2D eigenvalue weighted by Crippen LogP contribution is 2.31. The van der Waals surface area contributed by atoms with E-state index in [9.17, 15) is 0 Å². The van der Waals surface area contributed by atoms with Gasteiger partial charge < -0.3 is 19.9 Å². The number of benzene rings is 1. The third-order valence-corrected chi connectivity index (χ3v) is 4.42. The Labute approximate surface area is 145 Å². The van der Waals surface area contributed by atoms with Crippen molar-refractivity contribution >= 4 is 22.4 Å². The fourth-order valence-corrected chi connectivity index (χ4v) is 3.08. The van der Waals surface area contributed by atoms with E-state index in [2.05, 4.69) is 14.9 Å². The first kappa shape index (κ1) is 15.9. The van der Waals surface area contributed by atoms with Crippen molar-refractivity contribution in [1.82, 2.24) is 19.3 Å². The van der Waals surface area contributed by atoms with E-state index >= 15 is 0 Å². The van der Waals surface area contributed by atoms with Crippen LogP contribution in [0.5, 0.6) is 11.5 Å². The molecule has 0 amide bonds. The van der Waals surface area contributed by atoms with Crippen LogP contribution in [0, 0.1) is 0 Å². The molecule has 0 unspecified atom stereocenters. The zero-order valence-electron chi connectivity index (χ0n) is 14.1. The minimum Gasteiger partial charge on any atom is -0.494 e. The van der Waals surface area contributed by atoms with Gasteiger partial charge in [0.1, 0.15) is 35.0 Å². The highest BCUT2D eigenvalue weighted by molar-refractivity contribution is 5.88. The van der Waals surface area contributed by atoms with Crippen LogP contribution in [0.3, 0.4) is 0 Å². The fourth-order valence-electron chi connectivity index (χ4n) is 3.08. The van der Waals surface area contributed by atoms with E-state index in [0.29, 0.717) is 23.7 Å². The second kappa shape index (κ2) is 6.73. The molecule has 0 saturated carbocycles. The molecule has 1 fully saturated rings. The second-order valence-corrected chi connectivity index (χ2v) is 5.94. The second-order valence-electron chi connectivity index (χ2n) is 5.94. The first-order valence-corrected chi connectivity index (χ1v) is 8.28. The molecule has 8 nitrogen and oxygen atoms in total. The van der Waals surface area contributed by atoms with Crippen molar-refractivity contribution in [2.45, 2.75) is 0 Å². The van der Waals surface area contributed by atoms with E-state index in [4.69, 9.17) is 19.9 Å². The van der Waals surface area contributed by atoms with Crippen LogP contribution in [-0.2, 0) is 4.74 Å². The van der Waals surface area contributed by atoms with Crippen molar-refractivity contribution in [1.29, 1.82) is 0 Å². The van der Waals surface area contributed by atoms with Gasteiger partial charge in [-0.3, -0.25) is 9.30 Å². The Bertz CT molecular complexity index is 889. The van der Waals surface area contributed by atoms with Crippen molar-refractivity contribution in [3.8, 4) is 11.5 Å². The number of nitrogen functional groups attached to an aromatic ring is 1. The fraction of sp³-hybridized carbons (Fsp3) is 0.412. The number of aromatic nitrogens is 3. The normalized spacial score (nSPS) is 15.7. The average molecular weight is 343 g/mol. The summed E-state index contributed by atoms with van der Waals surface area (Å²) >= 11 is 0. The molecule has 0 atom stereocenters. The van der Waals surface area contributed by atoms with Crippen LogP contribution in [0.1, 0.15) is 0 Å². The van der Waals surface area contributed by atoms with Crippen molar-refractivity contribution in [2.24, 2.45) is 0 Å². The van der Waals surface area contributed by atoms with E-state index < -0.39 is 0 Å². The third-order valence-electron chi connectivity index (χ3n) is 4.42. The molecule has 3 heterocycles. The number of hydrogen-bond acceptors (Lipinski definition) is 7. The molecular formula is C17H21N5O3. The maximum absolute atomic E-state index is 6.02. The van der Waals surface area contributed by atoms with Gasteiger partial charge in [-0.05, 0) is 0 Å². The molecule has 2 aromatic heterocycles. The predicted molar refractivity (Wildman–Crippen MR) is 94.2 cm³/mol. The standard InChI is InChI=1S/C17H21N5O3/c1-23-15-9-12(25-7-4-21-2-5-24-6-3-21)8-13-16(15)20-17(18)14-10-19-11-22(13)14/h8-11H,2-7H2,1H3,(H2,18,20). The molecule has 8 heteroatoms. The van der Waals surface area contributed by atoms with Gasteiger partial charge in [0.15, 0.2) is 0 Å². The average Bonchev–Trinajstić information content (AvgIpc) is 3.13. The SMILES string of the molecule is COc1cc(OCCN2CCOCC2)cc2c1nc(N)c1cncn12. The third kappa shape index (κ3) is 3.06. The Balaban J connectivity index is 1.61. The molecular weight excluding hydrogens is 322 g/mol. The molecule has 0 radical (unpaired) electrons. The lowest BCUT2D eigenvalue weighted by atomic mass is 10.2. The van der Waals surface area contributed by atoms with Crippen LogP contribution < -0.4 is 15.2 Å². The lowest BCUT2D eigenvalue weighted by Crippen LogP contribution is -2.38. The maximum atomic E-state index is 6.02. The van der Waals surface area contributed by atoms with Gasteiger partial charge in [0.25, 0.3) is 0 Å². The van der Waals surface area contributed by atoms with Gasteiger partial charge >= 0.3 is 0 Å². The maximum Gasteiger partial charge on any atom is 0.150 e. The molecule has 1 aromatic carbocycles. The molecule has 0 aliphatic carbocycles. The van der Waals surface area contributed by atoms with Crippen molar-refractivity contribution in [3.05, 3.63) is 24.7 Å². The largest absolute Gasteiger partial charge is 0.494 e. The number of ether oxygens (including phenoxy) is 3. The van der Waals surface area contributed by atoms with Gasteiger partial charge in [-0.2, -0.15) is 0 Å². The van der Waals surface area contributed by atoms with E-state index in [-0.39, 0.29) is 0 Å².